The van der Waals surface area contributed by atoms with Gasteiger partial charge in [0.1, 0.15) is 0 Å². The van der Waals surface area contributed by atoms with Crippen molar-refractivity contribution in [3.05, 3.63) is 18.3 Å². The SMILES string of the molecule is [2H]C([2H])([2H])N(c1ccnc(B2OC(C)(C)C(C)(C)O2)c1)C([2H])([2H])[2H]. The molecule has 1 fully saturated rings. The van der Waals surface area contributed by atoms with Crippen molar-refractivity contribution in [2.24, 2.45) is 0 Å². The van der Waals surface area contributed by atoms with Crippen LogP contribution in [0.25, 0.3) is 0 Å². The quantitative estimate of drug-likeness (QED) is 0.748. The number of aromatic nitrogens is 1. The molecule has 1 aliphatic heterocycles. The zero-order chi connectivity index (χ0) is 18.6. The van der Waals surface area contributed by atoms with Gasteiger partial charge in [-0.3, -0.25) is 4.98 Å². The molecule has 0 radical (unpaired) electrons. The fourth-order valence-corrected chi connectivity index (χ4v) is 1.67. The van der Waals surface area contributed by atoms with E-state index in [2.05, 4.69) is 4.98 Å². The van der Waals surface area contributed by atoms with E-state index in [1.165, 1.54) is 18.3 Å². The molecular weight excluding hydrogens is 227 g/mol. The third kappa shape index (κ3) is 2.25. The van der Waals surface area contributed by atoms with Crippen molar-refractivity contribution >= 4 is 18.4 Å². The van der Waals surface area contributed by atoms with Crippen LogP contribution in [0.15, 0.2) is 18.3 Å². The smallest absolute Gasteiger partial charge is 0.398 e. The number of pyridine rings is 1. The maximum Gasteiger partial charge on any atom is 0.514 e. The molecule has 0 saturated carbocycles. The molecule has 0 spiro atoms. The lowest BCUT2D eigenvalue weighted by Gasteiger charge is -2.32. The Morgan fingerprint density at radius 1 is 1.22 bits per heavy atom. The van der Waals surface area contributed by atoms with Gasteiger partial charge in [0.05, 0.1) is 16.8 Å². The first-order valence-corrected chi connectivity index (χ1v) is 5.77. The maximum atomic E-state index is 7.50. The monoisotopic (exact) mass is 254 g/mol. The van der Waals surface area contributed by atoms with Crippen LogP contribution in [0.2, 0.25) is 0 Å². The molecule has 0 aliphatic carbocycles. The van der Waals surface area contributed by atoms with Gasteiger partial charge in [-0.1, -0.05) is 0 Å². The largest absolute Gasteiger partial charge is 0.514 e. The van der Waals surface area contributed by atoms with Gasteiger partial charge in [-0.2, -0.15) is 0 Å². The first kappa shape index (κ1) is 7.51. The highest BCUT2D eigenvalue weighted by Crippen LogP contribution is 2.36. The molecular formula is C13H21BN2O2. The zero-order valence-corrected chi connectivity index (χ0v) is 11.0. The predicted molar refractivity (Wildman–Crippen MR) is 74.3 cm³/mol. The molecule has 0 aromatic carbocycles. The summed E-state index contributed by atoms with van der Waals surface area (Å²) in [6.45, 7) is 1.89. The summed E-state index contributed by atoms with van der Waals surface area (Å²) in [5.41, 5.74) is -0.828. The lowest BCUT2D eigenvalue weighted by Crippen LogP contribution is -2.41. The molecule has 1 aromatic heterocycles. The van der Waals surface area contributed by atoms with E-state index in [1.54, 1.807) is 0 Å². The molecule has 2 rings (SSSR count). The summed E-state index contributed by atoms with van der Waals surface area (Å²) in [4.78, 5) is 4.57. The van der Waals surface area contributed by atoms with Gasteiger partial charge in [0, 0.05) is 34.1 Å². The van der Waals surface area contributed by atoms with Gasteiger partial charge in [0.2, 0.25) is 0 Å². The van der Waals surface area contributed by atoms with Crippen LogP contribution in [0, 0.1) is 0 Å². The number of nitrogens with zero attached hydrogens (tertiary/aromatic N) is 2. The second-order valence-electron chi connectivity index (χ2n) is 5.36. The van der Waals surface area contributed by atoms with Gasteiger partial charge in [-0.25, -0.2) is 0 Å². The van der Waals surface area contributed by atoms with Crippen LogP contribution in [-0.4, -0.2) is 37.3 Å². The molecule has 2 heterocycles. The highest BCUT2D eigenvalue weighted by Gasteiger charge is 2.52. The minimum Gasteiger partial charge on any atom is -0.398 e. The molecule has 18 heavy (non-hydrogen) atoms. The van der Waals surface area contributed by atoms with Crippen LogP contribution in [-0.2, 0) is 9.31 Å². The number of rotatable bonds is 2. The normalized spacial score (nSPS) is 27.4. The van der Waals surface area contributed by atoms with Crippen molar-refractivity contribution in [1.29, 1.82) is 0 Å². The molecule has 4 nitrogen and oxygen atoms in total. The molecule has 1 saturated heterocycles. The number of hydrogen-bond donors (Lipinski definition) is 0. The third-order valence-electron chi connectivity index (χ3n) is 3.52. The molecule has 1 aliphatic rings. The van der Waals surface area contributed by atoms with Crippen molar-refractivity contribution in [3.63, 3.8) is 0 Å². The minimum atomic E-state index is -2.82. The Morgan fingerprint density at radius 2 is 1.83 bits per heavy atom. The van der Waals surface area contributed by atoms with Crippen molar-refractivity contribution in [2.45, 2.75) is 38.9 Å². The molecule has 0 atom stereocenters. The minimum absolute atomic E-state index is 0.00899. The first-order chi connectivity index (χ1) is 10.7. The Balaban J connectivity index is 2.40. The standard InChI is InChI=1S/C13H21BN2O2/c1-12(2)13(3,4)18-14(17-12)11-9-10(16(5)6)7-8-15-11/h7-9H,1-6H3/i5D3,6D3. The van der Waals surface area contributed by atoms with Crippen molar-refractivity contribution in [1.82, 2.24) is 4.98 Å². The fraction of sp³-hybridized carbons (Fsp3) is 0.615. The lowest BCUT2D eigenvalue weighted by molar-refractivity contribution is 0.00578. The summed E-state index contributed by atoms with van der Waals surface area (Å²) in [5, 5.41) is 0. The average molecular weight is 254 g/mol. The van der Waals surface area contributed by atoms with E-state index in [1.807, 2.05) is 27.7 Å². The Kier molecular flexibility index (Phi) is 1.77. The fourth-order valence-electron chi connectivity index (χ4n) is 1.67. The van der Waals surface area contributed by atoms with Crippen LogP contribution >= 0.6 is 0 Å². The maximum absolute atomic E-state index is 7.50. The van der Waals surface area contributed by atoms with Crippen molar-refractivity contribution < 1.29 is 17.5 Å². The lowest BCUT2D eigenvalue weighted by atomic mass is 9.84. The summed E-state index contributed by atoms with van der Waals surface area (Å²) in [6, 6.07) is 2.72. The molecule has 0 unspecified atom stereocenters. The van der Waals surface area contributed by atoms with Crippen molar-refractivity contribution in [2.75, 3.05) is 18.9 Å². The summed E-state index contributed by atoms with van der Waals surface area (Å²) < 4.78 is 56.8. The van der Waals surface area contributed by atoms with E-state index in [4.69, 9.17) is 17.5 Å². The molecule has 98 valence electrons. The highest BCUT2D eigenvalue weighted by atomic mass is 16.7. The summed E-state index contributed by atoms with van der Waals surface area (Å²) in [7, 11) is -0.801. The van der Waals surface area contributed by atoms with Crippen molar-refractivity contribution in [3.8, 4) is 0 Å². The summed E-state index contributed by atoms with van der Waals surface area (Å²) >= 11 is 0. The van der Waals surface area contributed by atoms with E-state index in [-0.39, 0.29) is 5.69 Å². The predicted octanol–water partition coefficient (Wildman–Crippen LogP) is 1.45. The van der Waals surface area contributed by atoms with Crippen LogP contribution < -0.4 is 10.5 Å². The summed E-state index contributed by atoms with van der Waals surface area (Å²) in [6.07, 6.45) is 1.35. The molecule has 1 aromatic rings. The third-order valence-corrected chi connectivity index (χ3v) is 3.52. The summed E-state index contributed by atoms with van der Waals surface area (Å²) in [5.74, 6) is 0. The van der Waals surface area contributed by atoms with Crippen LogP contribution in [0.5, 0.6) is 0 Å². The van der Waals surface area contributed by atoms with Gasteiger partial charge in [-0.05, 0) is 39.8 Å². The Morgan fingerprint density at radius 3 is 2.39 bits per heavy atom. The van der Waals surface area contributed by atoms with Gasteiger partial charge < -0.3 is 14.2 Å². The molecule has 0 bridgehead atoms. The van der Waals surface area contributed by atoms with E-state index in [9.17, 15) is 0 Å². The molecule has 5 heteroatoms. The molecule has 0 amide bonds. The molecule has 0 N–H and O–H groups in total. The zero-order valence-electron chi connectivity index (χ0n) is 17.0. The van der Waals surface area contributed by atoms with Crippen LogP contribution in [0.1, 0.15) is 35.9 Å². The number of hydrogen-bond acceptors (Lipinski definition) is 4. The Hall–Kier alpha value is -1.07. The van der Waals surface area contributed by atoms with Gasteiger partial charge in [-0.15, -0.1) is 0 Å². The first-order valence-electron chi connectivity index (χ1n) is 8.77. The van der Waals surface area contributed by atoms with E-state index in [0.717, 1.165) is 0 Å². The van der Waals surface area contributed by atoms with Gasteiger partial charge in [0.15, 0.2) is 0 Å². The van der Waals surface area contributed by atoms with E-state index < -0.39 is 32.3 Å². The second-order valence-corrected chi connectivity index (χ2v) is 5.36. The van der Waals surface area contributed by atoms with Gasteiger partial charge >= 0.3 is 7.12 Å². The van der Waals surface area contributed by atoms with Gasteiger partial charge in [0.25, 0.3) is 0 Å². The van der Waals surface area contributed by atoms with E-state index in [0.29, 0.717) is 10.5 Å². The Labute approximate surface area is 118 Å². The Bertz CT molecular complexity index is 587. The van der Waals surface area contributed by atoms with E-state index >= 15 is 0 Å². The van der Waals surface area contributed by atoms with Crippen LogP contribution in [0.3, 0.4) is 0 Å². The second kappa shape index (κ2) is 4.25. The van der Waals surface area contributed by atoms with Crippen LogP contribution in [0.4, 0.5) is 5.69 Å². The topological polar surface area (TPSA) is 34.6 Å². The average Bonchev–Trinajstić information content (AvgIpc) is 2.55. The number of anilines is 1. The highest BCUT2D eigenvalue weighted by molar-refractivity contribution is 6.61.